The largest absolute Gasteiger partial charge is 0.450 e. The van der Waals surface area contributed by atoms with Gasteiger partial charge >= 0.3 is 11.9 Å². The van der Waals surface area contributed by atoms with Crippen molar-refractivity contribution in [2.45, 2.75) is 25.4 Å². The Hall–Kier alpha value is -1.43. The number of carbonyl (C=O) groups is 1. The fraction of sp³-hybridized carbons (Fsp3) is 0.364. The Balaban J connectivity index is 2.71. The standard InChI is InChI=1S/C11H14O5/c1-2-9(11(13,14)15)16-10(12)8-6-4-3-5-7-8/h3-7,9,13-15H,2H2,1H3. The molecule has 0 fully saturated rings. The van der Waals surface area contributed by atoms with Crippen molar-refractivity contribution in [2.75, 3.05) is 0 Å². The molecule has 0 spiro atoms. The average molecular weight is 226 g/mol. The third kappa shape index (κ3) is 3.30. The second kappa shape index (κ2) is 5.07. The number of rotatable bonds is 4. The lowest BCUT2D eigenvalue weighted by molar-refractivity contribution is -0.353. The van der Waals surface area contributed by atoms with E-state index < -0.39 is 18.0 Å². The molecule has 1 aromatic rings. The van der Waals surface area contributed by atoms with Crippen LogP contribution in [0.4, 0.5) is 0 Å². The third-order valence-corrected chi connectivity index (χ3v) is 2.06. The van der Waals surface area contributed by atoms with E-state index in [1.165, 1.54) is 12.1 Å². The van der Waals surface area contributed by atoms with Gasteiger partial charge in [0.2, 0.25) is 0 Å². The normalized spacial score (nSPS) is 13.2. The third-order valence-electron chi connectivity index (χ3n) is 2.06. The first-order valence-corrected chi connectivity index (χ1v) is 4.88. The quantitative estimate of drug-likeness (QED) is 0.506. The summed E-state index contributed by atoms with van der Waals surface area (Å²) in [6, 6.07) is 8.11. The first kappa shape index (κ1) is 12.6. The molecule has 0 aliphatic rings. The lowest BCUT2D eigenvalue weighted by Crippen LogP contribution is -2.44. The molecule has 1 atom stereocenters. The molecule has 0 bridgehead atoms. The van der Waals surface area contributed by atoms with Gasteiger partial charge in [-0.25, -0.2) is 4.79 Å². The minimum absolute atomic E-state index is 0.0854. The monoisotopic (exact) mass is 226 g/mol. The Morgan fingerprint density at radius 2 is 1.88 bits per heavy atom. The maximum absolute atomic E-state index is 11.5. The van der Waals surface area contributed by atoms with Gasteiger partial charge in [-0.05, 0) is 18.6 Å². The molecule has 5 nitrogen and oxygen atoms in total. The van der Waals surface area contributed by atoms with Crippen molar-refractivity contribution in [3.8, 4) is 0 Å². The van der Waals surface area contributed by atoms with Crippen molar-refractivity contribution in [3.05, 3.63) is 35.9 Å². The SMILES string of the molecule is CCC(OC(=O)c1ccccc1)C(O)(O)O. The van der Waals surface area contributed by atoms with Crippen LogP contribution in [0.5, 0.6) is 0 Å². The van der Waals surface area contributed by atoms with Crippen molar-refractivity contribution in [1.29, 1.82) is 0 Å². The first-order valence-electron chi connectivity index (χ1n) is 4.88. The summed E-state index contributed by atoms with van der Waals surface area (Å²) < 4.78 is 4.76. The van der Waals surface area contributed by atoms with Gasteiger partial charge in [-0.2, -0.15) is 0 Å². The molecule has 0 saturated heterocycles. The van der Waals surface area contributed by atoms with Crippen molar-refractivity contribution in [2.24, 2.45) is 0 Å². The van der Waals surface area contributed by atoms with Gasteiger partial charge in [0.05, 0.1) is 5.56 Å². The molecule has 1 aromatic carbocycles. The summed E-state index contributed by atoms with van der Waals surface area (Å²) >= 11 is 0. The summed E-state index contributed by atoms with van der Waals surface area (Å²) in [5.74, 6) is -3.73. The molecule has 5 heteroatoms. The van der Waals surface area contributed by atoms with Crippen LogP contribution in [0.15, 0.2) is 30.3 Å². The fourth-order valence-electron chi connectivity index (χ4n) is 1.21. The van der Waals surface area contributed by atoms with Crippen LogP contribution >= 0.6 is 0 Å². The van der Waals surface area contributed by atoms with Crippen LogP contribution in [0, 0.1) is 0 Å². The van der Waals surface area contributed by atoms with Crippen molar-refractivity contribution in [3.63, 3.8) is 0 Å². The summed E-state index contributed by atoms with van der Waals surface area (Å²) in [4.78, 5) is 11.5. The number of ether oxygens (including phenoxy) is 1. The molecule has 0 aliphatic carbocycles. The van der Waals surface area contributed by atoms with E-state index in [1.807, 2.05) is 0 Å². The topological polar surface area (TPSA) is 87.0 Å². The maximum Gasteiger partial charge on any atom is 0.338 e. The van der Waals surface area contributed by atoms with Crippen molar-refractivity contribution in [1.82, 2.24) is 0 Å². The average Bonchev–Trinajstić information content (AvgIpc) is 2.25. The highest BCUT2D eigenvalue weighted by Gasteiger charge is 2.34. The maximum atomic E-state index is 11.5. The van der Waals surface area contributed by atoms with Crippen LogP contribution < -0.4 is 0 Å². The second-order valence-electron chi connectivity index (χ2n) is 3.36. The Kier molecular flexibility index (Phi) is 4.00. The van der Waals surface area contributed by atoms with E-state index in [0.29, 0.717) is 0 Å². The van der Waals surface area contributed by atoms with Crippen LogP contribution in [0.3, 0.4) is 0 Å². The Bertz CT molecular complexity index is 341. The van der Waals surface area contributed by atoms with E-state index in [0.717, 1.165) is 0 Å². The fourth-order valence-corrected chi connectivity index (χ4v) is 1.21. The highest BCUT2D eigenvalue weighted by molar-refractivity contribution is 5.89. The number of carbonyl (C=O) groups excluding carboxylic acids is 1. The molecule has 88 valence electrons. The number of hydrogen-bond donors (Lipinski definition) is 3. The van der Waals surface area contributed by atoms with Gasteiger partial charge in [-0.1, -0.05) is 25.1 Å². The molecule has 0 radical (unpaired) electrons. The highest BCUT2D eigenvalue weighted by Crippen LogP contribution is 2.13. The van der Waals surface area contributed by atoms with E-state index in [2.05, 4.69) is 0 Å². The number of hydrogen-bond acceptors (Lipinski definition) is 5. The molecule has 0 saturated carbocycles. The zero-order chi connectivity index (χ0) is 12.2. The summed E-state index contributed by atoms with van der Waals surface area (Å²) in [6.07, 6.45) is -1.29. The zero-order valence-electron chi connectivity index (χ0n) is 8.83. The second-order valence-corrected chi connectivity index (χ2v) is 3.36. The van der Waals surface area contributed by atoms with Gasteiger partial charge in [0.25, 0.3) is 0 Å². The Labute approximate surface area is 92.9 Å². The smallest absolute Gasteiger partial charge is 0.338 e. The van der Waals surface area contributed by atoms with Gasteiger partial charge in [0, 0.05) is 0 Å². The minimum Gasteiger partial charge on any atom is -0.450 e. The van der Waals surface area contributed by atoms with Gasteiger partial charge in [-0.3, -0.25) is 0 Å². The number of benzene rings is 1. The van der Waals surface area contributed by atoms with Crippen LogP contribution in [0.1, 0.15) is 23.7 Å². The summed E-state index contributed by atoms with van der Waals surface area (Å²) in [5.41, 5.74) is 0.283. The van der Waals surface area contributed by atoms with Crippen LogP contribution in [0.25, 0.3) is 0 Å². The molecule has 0 heterocycles. The summed E-state index contributed by atoms with van der Waals surface area (Å²) in [5, 5.41) is 26.7. The molecule has 1 unspecified atom stereocenters. The van der Waals surface area contributed by atoms with Gasteiger partial charge < -0.3 is 20.1 Å². The van der Waals surface area contributed by atoms with E-state index >= 15 is 0 Å². The molecule has 0 amide bonds. The number of aliphatic hydroxyl groups is 3. The first-order chi connectivity index (χ1) is 7.45. The number of esters is 1. The molecule has 16 heavy (non-hydrogen) atoms. The molecule has 0 aliphatic heterocycles. The highest BCUT2D eigenvalue weighted by atomic mass is 16.7. The minimum atomic E-state index is -3.01. The van der Waals surface area contributed by atoms with Crippen LogP contribution in [-0.2, 0) is 4.74 Å². The van der Waals surface area contributed by atoms with Gasteiger partial charge in [0.15, 0.2) is 6.10 Å². The molecular formula is C11H14O5. The Morgan fingerprint density at radius 3 is 2.31 bits per heavy atom. The van der Waals surface area contributed by atoms with E-state index in [-0.39, 0.29) is 12.0 Å². The predicted molar refractivity (Wildman–Crippen MR) is 55.3 cm³/mol. The zero-order valence-corrected chi connectivity index (χ0v) is 8.83. The summed E-state index contributed by atoms with van der Waals surface area (Å²) in [6.45, 7) is 1.56. The summed E-state index contributed by atoms with van der Waals surface area (Å²) in [7, 11) is 0. The molecular weight excluding hydrogens is 212 g/mol. The predicted octanol–water partition coefficient (Wildman–Crippen LogP) is 0.253. The van der Waals surface area contributed by atoms with E-state index in [1.54, 1.807) is 25.1 Å². The lowest BCUT2D eigenvalue weighted by Gasteiger charge is -2.24. The van der Waals surface area contributed by atoms with Gasteiger partial charge in [0.1, 0.15) is 0 Å². The van der Waals surface area contributed by atoms with Crippen molar-refractivity contribution >= 4 is 5.97 Å². The van der Waals surface area contributed by atoms with E-state index in [4.69, 9.17) is 20.1 Å². The molecule has 0 aromatic heterocycles. The molecule has 3 N–H and O–H groups in total. The molecule has 1 rings (SSSR count). The Morgan fingerprint density at radius 1 is 1.31 bits per heavy atom. The van der Waals surface area contributed by atoms with Gasteiger partial charge in [-0.15, -0.1) is 0 Å². The van der Waals surface area contributed by atoms with Crippen LogP contribution in [0.2, 0.25) is 0 Å². The van der Waals surface area contributed by atoms with E-state index in [9.17, 15) is 4.79 Å². The van der Waals surface area contributed by atoms with Crippen LogP contribution in [-0.4, -0.2) is 33.4 Å². The lowest BCUT2D eigenvalue weighted by atomic mass is 10.2. The van der Waals surface area contributed by atoms with Crippen molar-refractivity contribution < 1.29 is 24.9 Å².